The van der Waals surface area contributed by atoms with Gasteiger partial charge >= 0.3 is 0 Å². The summed E-state index contributed by atoms with van der Waals surface area (Å²) in [5, 5.41) is 4.34. The first-order chi connectivity index (χ1) is 7.10. The molecule has 0 bridgehead atoms. The van der Waals surface area contributed by atoms with Gasteiger partial charge in [-0.1, -0.05) is 0 Å². The van der Waals surface area contributed by atoms with Crippen LogP contribution in [0.5, 0.6) is 0 Å². The lowest BCUT2D eigenvalue weighted by atomic mass is 10.3. The van der Waals surface area contributed by atoms with Crippen LogP contribution in [-0.2, 0) is 16.0 Å². The Kier molecular flexibility index (Phi) is 4.11. The molecule has 5 nitrogen and oxygen atoms in total. The second kappa shape index (κ2) is 5.14. The monoisotopic (exact) mass is 213 g/mol. The van der Waals surface area contributed by atoms with Crippen LogP contribution in [0.1, 0.15) is 11.4 Å². The molecule has 0 amide bonds. The van der Waals surface area contributed by atoms with Crippen LogP contribution >= 0.6 is 0 Å². The number of nitrogens with two attached hydrogens (primary N) is 1. The van der Waals surface area contributed by atoms with E-state index >= 15 is 0 Å². The lowest BCUT2D eigenvalue weighted by molar-refractivity contribution is 0.0160. The topological polar surface area (TPSA) is 62.3 Å². The maximum absolute atomic E-state index is 5.84. The molecular formula is C10H19N3O2. The van der Waals surface area contributed by atoms with Crippen molar-refractivity contribution in [3.8, 4) is 0 Å². The molecule has 0 radical (unpaired) electrons. The molecule has 0 saturated carbocycles. The Balaban J connectivity index is 2.74. The first kappa shape index (κ1) is 12.0. The average molecular weight is 213 g/mol. The summed E-state index contributed by atoms with van der Waals surface area (Å²) in [6.45, 7) is 5.06. The van der Waals surface area contributed by atoms with E-state index in [2.05, 4.69) is 5.10 Å². The molecule has 1 aromatic heterocycles. The molecular weight excluding hydrogens is 194 g/mol. The van der Waals surface area contributed by atoms with Crippen molar-refractivity contribution in [2.45, 2.75) is 26.5 Å². The maximum Gasteiger partial charge on any atom is 0.0999 e. The van der Waals surface area contributed by atoms with E-state index in [-0.39, 0.29) is 6.10 Å². The normalized spacial score (nSPS) is 13.1. The van der Waals surface area contributed by atoms with Crippen molar-refractivity contribution >= 4 is 5.69 Å². The Hall–Kier alpha value is -1.07. The SMILES string of the molecule is COCC(Cn1nc(C)c(N)c1C)OC. The minimum absolute atomic E-state index is 0.00685. The molecule has 0 aliphatic carbocycles. The predicted molar refractivity (Wildman–Crippen MR) is 58.8 cm³/mol. The van der Waals surface area contributed by atoms with Crippen molar-refractivity contribution in [3.63, 3.8) is 0 Å². The number of aromatic nitrogens is 2. The zero-order valence-corrected chi connectivity index (χ0v) is 9.78. The largest absolute Gasteiger partial charge is 0.396 e. The molecule has 1 atom stereocenters. The Bertz CT molecular complexity index is 323. The number of nitrogens with zero attached hydrogens (tertiary/aromatic N) is 2. The van der Waals surface area contributed by atoms with E-state index < -0.39 is 0 Å². The van der Waals surface area contributed by atoms with Crippen LogP contribution in [0.3, 0.4) is 0 Å². The molecule has 5 heteroatoms. The van der Waals surface area contributed by atoms with Gasteiger partial charge in [0.15, 0.2) is 0 Å². The van der Waals surface area contributed by atoms with Crippen LogP contribution in [0.15, 0.2) is 0 Å². The Morgan fingerprint density at radius 1 is 1.40 bits per heavy atom. The number of aryl methyl sites for hydroxylation is 1. The second-order valence-corrected chi connectivity index (χ2v) is 3.58. The molecule has 0 aliphatic heterocycles. The molecule has 2 N–H and O–H groups in total. The van der Waals surface area contributed by atoms with Gasteiger partial charge in [-0.2, -0.15) is 5.10 Å². The van der Waals surface area contributed by atoms with E-state index in [1.807, 2.05) is 18.5 Å². The van der Waals surface area contributed by atoms with E-state index in [4.69, 9.17) is 15.2 Å². The van der Waals surface area contributed by atoms with Crippen molar-refractivity contribution in [1.29, 1.82) is 0 Å². The minimum Gasteiger partial charge on any atom is -0.396 e. The third-order valence-electron chi connectivity index (χ3n) is 2.50. The molecule has 15 heavy (non-hydrogen) atoms. The number of rotatable bonds is 5. The highest BCUT2D eigenvalue weighted by atomic mass is 16.5. The third-order valence-corrected chi connectivity index (χ3v) is 2.50. The fourth-order valence-electron chi connectivity index (χ4n) is 1.46. The number of hydrogen-bond acceptors (Lipinski definition) is 4. The number of nitrogen functional groups attached to an aromatic ring is 1. The summed E-state index contributed by atoms with van der Waals surface area (Å²) < 4.78 is 12.2. The van der Waals surface area contributed by atoms with Crippen LogP contribution in [0.25, 0.3) is 0 Å². The lowest BCUT2D eigenvalue weighted by Crippen LogP contribution is -2.25. The van der Waals surface area contributed by atoms with Gasteiger partial charge in [-0.05, 0) is 13.8 Å². The van der Waals surface area contributed by atoms with Gasteiger partial charge in [0.2, 0.25) is 0 Å². The van der Waals surface area contributed by atoms with E-state index in [0.29, 0.717) is 13.2 Å². The Labute approximate surface area is 90.2 Å². The van der Waals surface area contributed by atoms with Crippen molar-refractivity contribution in [1.82, 2.24) is 9.78 Å². The van der Waals surface area contributed by atoms with Gasteiger partial charge in [0, 0.05) is 14.2 Å². The molecule has 0 aliphatic rings. The van der Waals surface area contributed by atoms with Gasteiger partial charge in [-0.25, -0.2) is 0 Å². The highest BCUT2D eigenvalue weighted by molar-refractivity contribution is 5.46. The first-order valence-corrected chi connectivity index (χ1v) is 4.91. The van der Waals surface area contributed by atoms with Crippen molar-refractivity contribution in [2.24, 2.45) is 0 Å². The average Bonchev–Trinajstić information content (AvgIpc) is 2.46. The number of anilines is 1. The molecule has 1 aromatic rings. The third kappa shape index (κ3) is 2.70. The van der Waals surface area contributed by atoms with Crippen LogP contribution in [-0.4, -0.2) is 36.7 Å². The molecule has 0 saturated heterocycles. The number of ether oxygens (including phenoxy) is 2. The van der Waals surface area contributed by atoms with E-state index in [1.54, 1.807) is 14.2 Å². The van der Waals surface area contributed by atoms with Crippen molar-refractivity contribution in [2.75, 3.05) is 26.6 Å². The molecule has 0 spiro atoms. The number of methoxy groups -OCH3 is 2. The summed E-state index contributed by atoms with van der Waals surface area (Å²) in [7, 11) is 3.32. The summed E-state index contributed by atoms with van der Waals surface area (Å²) in [5.41, 5.74) is 8.43. The quantitative estimate of drug-likeness (QED) is 0.783. The van der Waals surface area contributed by atoms with Crippen LogP contribution in [0.2, 0.25) is 0 Å². The highest BCUT2D eigenvalue weighted by Crippen LogP contribution is 2.15. The van der Waals surface area contributed by atoms with Gasteiger partial charge in [-0.3, -0.25) is 4.68 Å². The Morgan fingerprint density at radius 2 is 2.07 bits per heavy atom. The van der Waals surface area contributed by atoms with Crippen LogP contribution in [0, 0.1) is 13.8 Å². The minimum atomic E-state index is 0.00685. The summed E-state index contributed by atoms with van der Waals surface area (Å²) in [6, 6.07) is 0. The van der Waals surface area contributed by atoms with Crippen molar-refractivity contribution < 1.29 is 9.47 Å². The van der Waals surface area contributed by atoms with Gasteiger partial charge in [0.1, 0.15) is 0 Å². The zero-order valence-electron chi connectivity index (χ0n) is 9.78. The molecule has 0 fully saturated rings. The van der Waals surface area contributed by atoms with Crippen LogP contribution in [0.4, 0.5) is 5.69 Å². The standard InChI is InChI=1S/C10H19N3O2/c1-7-10(11)8(2)13(12-7)5-9(15-4)6-14-3/h9H,5-6,11H2,1-4H3. The second-order valence-electron chi connectivity index (χ2n) is 3.58. The number of hydrogen-bond donors (Lipinski definition) is 1. The predicted octanol–water partition coefficient (Wildman–Crippen LogP) is 0.744. The first-order valence-electron chi connectivity index (χ1n) is 4.91. The van der Waals surface area contributed by atoms with E-state index in [0.717, 1.165) is 17.1 Å². The van der Waals surface area contributed by atoms with Gasteiger partial charge < -0.3 is 15.2 Å². The van der Waals surface area contributed by atoms with Crippen molar-refractivity contribution in [3.05, 3.63) is 11.4 Å². The summed E-state index contributed by atoms with van der Waals surface area (Å²) in [5.74, 6) is 0. The summed E-state index contributed by atoms with van der Waals surface area (Å²) in [4.78, 5) is 0. The molecule has 86 valence electrons. The maximum atomic E-state index is 5.84. The van der Waals surface area contributed by atoms with Crippen LogP contribution < -0.4 is 5.73 Å². The van der Waals surface area contributed by atoms with E-state index in [1.165, 1.54) is 0 Å². The smallest absolute Gasteiger partial charge is 0.0999 e. The summed E-state index contributed by atoms with van der Waals surface area (Å²) in [6.07, 6.45) is 0.00685. The van der Waals surface area contributed by atoms with Gasteiger partial charge in [-0.15, -0.1) is 0 Å². The highest BCUT2D eigenvalue weighted by Gasteiger charge is 2.13. The zero-order chi connectivity index (χ0) is 11.4. The molecule has 0 aromatic carbocycles. The fourth-order valence-corrected chi connectivity index (χ4v) is 1.46. The summed E-state index contributed by atoms with van der Waals surface area (Å²) >= 11 is 0. The molecule has 1 unspecified atom stereocenters. The lowest BCUT2D eigenvalue weighted by Gasteiger charge is -2.15. The fraction of sp³-hybridized carbons (Fsp3) is 0.700. The molecule has 1 rings (SSSR count). The van der Waals surface area contributed by atoms with Gasteiger partial charge in [0.05, 0.1) is 36.3 Å². The van der Waals surface area contributed by atoms with Gasteiger partial charge in [0.25, 0.3) is 0 Å². The molecule has 1 heterocycles. The van der Waals surface area contributed by atoms with E-state index in [9.17, 15) is 0 Å². The Morgan fingerprint density at radius 3 is 2.47 bits per heavy atom.